The summed E-state index contributed by atoms with van der Waals surface area (Å²) in [5.74, 6) is 1.61. The van der Waals surface area contributed by atoms with Crippen LogP contribution in [0.2, 0.25) is 0 Å². The van der Waals surface area contributed by atoms with Crippen LogP contribution in [0.15, 0.2) is 22.6 Å². The molecule has 1 heterocycles. The fourth-order valence-electron chi connectivity index (χ4n) is 1.85. The summed E-state index contributed by atoms with van der Waals surface area (Å²) in [4.78, 5) is 4.45. The second kappa shape index (κ2) is 4.42. The Morgan fingerprint density at radius 2 is 2.00 bits per heavy atom. The highest BCUT2D eigenvalue weighted by molar-refractivity contribution is 9.08. The Kier molecular flexibility index (Phi) is 3.15. The van der Waals surface area contributed by atoms with E-state index in [1.807, 2.05) is 6.92 Å². The highest BCUT2D eigenvalue weighted by Crippen LogP contribution is 2.28. The minimum atomic E-state index is 0.691. The molecule has 0 atom stereocenters. The molecular formula is C13H14BrNO. The normalized spacial score (nSPS) is 10.8. The third-order valence-corrected chi connectivity index (χ3v) is 3.07. The van der Waals surface area contributed by atoms with E-state index in [4.69, 9.17) is 4.42 Å². The largest absolute Gasteiger partial charge is 0.444 e. The quantitative estimate of drug-likeness (QED) is 0.772. The minimum absolute atomic E-state index is 0.691. The van der Waals surface area contributed by atoms with Gasteiger partial charge in [0.15, 0.2) is 5.89 Å². The van der Waals surface area contributed by atoms with Gasteiger partial charge < -0.3 is 4.42 Å². The Morgan fingerprint density at radius 1 is 1.25 bits per heavy atom. The fourth-order valence-corrected chi connectivity index (χ4v) is 2.23. The molecule has 2 nitrogen and oxygen atoms in total. The van der Waals surface area contributed by atoms with E-state index in [1.54, 1.807) is 0 Å². The number of rotatable bonds is 2. The summed E-state index contributed by atoms with van der Waals surface area (Å²) in [6.45, 7) is 6.07. The summed E-state index contributed by atoms with van der Waals surface area (Å²) in [5, 5.41) is 0.691. The van der Waals surface area contributed by atoms with Gasteiger partial charge in [0.2, 0.25) is 0 Å². The van der Waals surface area contributed by atoms with E-state index in [2.05, 4.69) is 53.0 Å². The number of nitrogens with zero attached hydrogens (tertiary/aromatic N) is 1. The average Bonchev–Trinajstić information content (AvgIpc) is 2.59. The monoisotopic (exact) mass is 279 g/mol. The summed E-state index contributed by atoms with van der Waals surface area (Å²) in [6.07, 6.45) is 0. The zero-order chi connectivity index (χ0) is 11.7. The second-order valence-electron chi connectivity index (χ2n) is 3.96. The molecule has 0 bridgehead atoms. The first kappa shape index (κ1) is 11.4. The number of halogens is 1. The molecule has 1 aromatic heterocycles. The Morgan fingerprint density at radius 3 is 2.62 bits per heavy atom. The van der Waals surface area contributed by atoms with E-state index < -0.39 is 0 Å². The van der Waals surface area contributed by atoms with Crippen LogP contribution in [0.3, 0.4) is 0 Å². The van der Waals surface area contributed by atoms with Crippen LogP contribution in [0, 0.1) is 20.8 Å². The average molecular weight is 280 g/mol. The van der Waals surface area contributed by atoms with E-state index in [1.165, 1.54) is 11.1 Å². The van der Waals surface area contributed by atoms with Gasteiger partial charge in [-0.15, -0.1) is 0 Å². The summed E-state index contributed by atoms with van der Waals surface area (Å²) >= 11 is 3.42. The third kappa shape index (κ3) is 2.05. The molecule has 0 aliphatic carbocycles. The van der Waals surface area contributed by atoms with Crippen molar-refractivity contribution in [2.75, 3.05) is 0 Å². The van der Waals surface area contributed by atoms with Crippen LogP contribution >= 0.6 is 15.9 Å². The van der Waals surface area contributed by atoms with Crippen LogP contribution in [-0.2, 0) is 5.33 Å². The maximum atomic E-state index is 5.55. The lowest BCUT2D eigenvalue weighted by atomic mass is 10.0. The molecule has 0 spiro atoms. The Bertz CT molecular complexity index is 517. The molecule has 0 fully saturated rings. The lowest BCUT2D eigenvalue weighted by Crippen LogP contribution is -1.88. The van der Waals surface area contributed by atoms with Crippen molar-refractivity contribution in [3.8, 4) is 11.3 Å². The molecule has 0 radical (unpaired) electrons. The molecule has 2 aromatic rings. The van der Waals surface area contributed by atoms with Crippen LogP contribution in [0.4, 0.5) is 0 Å². The van der Waals surface area contributed by atoms with Gasteiger partial charge in [-0.25, -0.2) is 4.98 Å². The van der Waals surface area contributed by atoms with Crippen molar-refractivity contribution in [1.82, 2.24) is 4.98 Å². The second-order valence-corrected chi connectivity index (χ2v) is 4.52. The van der Waals surface area contributed by atoms with Crippen LogP contribution in [0.5, 0.6) is 0 Å². The molecule has 0 saturated carbocycles. The van der Waals surface area contributed by atoms with Crippen molar-refractivity contribution in [3.63, 3.8) is 0 Å². The summed E-state index contributed by atoms with van der Waals surface area (Å²) in [6, 6.07) is 6.37. The number of hydrogen-bond acceptors (Lipinski definition) is 2. The highest BCUT2D eigenvalue weighted by atomic mass is 79.9. The molecule has 0 aliphatic rings. The van der Waals surface area contributed by atoms with Crippen LogP contribution < -0.4 is 0 Å². The molecule has 0 saturated heterocycles. The Hall–Kier alpha value is -1.09. The topological polar surface area (TPSA) is 26.0 Å². The maximum absolute atomic E-state index is 5.55. The van der Waals surface area contributed by atoms with Crippen LogP contribution in [-0.4, -0.2) is 4.98 Å². The zero-order valence-electron chi connectivity index (χ0n) is 9.67. The fraction of sp³-hybridized carbons (Fsp3) is 0.308. The zero-order valence-corrected chi connectivity index (χ0v) is 11.3. The van der Waals surface area contributed by atoms with Gasteiger partial charge in [0, 0.05) is 12.5 Å². The van der Waals surface area contributed by atoms with Gasteiger partial charge in [0.05, 0.1) is 5.33 Å². The van der Waals surface area contributed by atoms with Crippen molar-refractivity contribution < 1.29 is 4.42 Å². The molecule has 0 amide bonds. The number of alkyl halides is 1. The van der Waals surface area contributed by atoms with Crippen LogP contribution in [0.1, 0.15) is 22.8 Å². The molecule has 2 rings (SSSR count). The predicted molar refractivity (Wildman–Crippen MR) is 68.8 cm³/mol. The van der Waals surface area contributed by atoms with Crippen LogP contribution in [0.25, 0.3) is 11.3 Å². The number of oxazole rings is 1. The first-order valence-electron chi connectivity index (χ1n) is 5.21. The first-order valence-corrected chi connectivity index (χ1v) is 6.34. The molecule has 0 N–H and O–H groups in total. The Labute approximate surface area is 104 Å². The van der Waals surface area contributed by atoms with E-state index in [0.717, 1.165) is 17.0 Å². The van der Waals surface area contributed by atoms with Gasteiger partial charge in [0.1, 0.15) is 11.5 Å². The standard InChI is InChI=1S/C13H14BrNO/c1-8-4-5-11(9(2)6-8)13-12(7-14)16-10(3)15-13/h4-6H,7H2,1-3H3. The predicted octanol–water partition coefficient (Wildman–Crippen LogP) is 4.16. The van der Waals surface area contributed by atoms with Crippen molar-refractivity contribution in [2.24, 2.45) is 0 Å². The number of aromatic nitrogens is 1. The molecule has 16 heavy (non-hydrogen) atoms. The molecule has 3 heteroatoms. The smallest absolute Gasteiger partial charge is 0.191 e. The SMILES string of the molecule is Cc1ccc(-c2nc(C)oc2CBr)c(C)c1. The lowest BCUT2D eigenvalue weighted by molar-refractivity contribution is 0.492. The van der Waals surface area contributed by atoms with Crippen molar-refractivity contribution in [2.45, 2.75) is 26.1 Å². The van der Waals surface area contributed by atoms with E-state index in [-0.39, 0.29) is 0 Å². The van der Waals surface area contributed by atoms with E-state index in [0.29, 0.717) is 11.2 Å². The van der Waals surface area contributed by atoms with Gasteiger partial charge in [-0.3, -0.25) is 0 Å². The molecule has 0 unspecified atom stereocenters. The van der Waals surface area contributed by atoms with Crippen molar-refractivity contribution in [3.05, 3.63) is 41.0 Å². The maximum Gasteiger partial charge on any atom is 0.191 e. The van der Waals surface area contributed by atoms with Gasteiger partial charge >= 0.3 is 0 Å². The van der Waals surface area contributed by atoms with Gasteiger partial charge in [0.25, 0.3) is 0 Å². The molecular weight excluding hydrogens is 266 g/mol. The number of aryl methyl sites for hydroxylation is 3. The van der Waals surface area contributed by atoms with Gasteiger partial charge in [-0.2, -0.15) is 0 Å². The highest BCUT2D eigenvalue weighted by Gasteiger charge is 2.13. The van der Waals surface area contributed by atoms with Crippen molar-refractivity contribution >= 4 is 15.9 Å². The summed E-state index contributed by atoms with van der Waals surface area (Å²) < 4.78 is 5.55. The number of benzene rings is 1. The van der Waals surface area contributed by atoms with Gasteiger partial charge in [-0.05, 0) is 19.4 Å². The third-order valence-electron chi connectivity index (χ3n) is 2.56. The first-order chi connectivity index (χ1) is 7.61. The Balaban J connectivity index is 2.57. The lowest BCUT2D eigenvalue weighted by Gasteiger charge is -2.04. The summed E-state index contributed by atoms with van der Waals surface area (Å²) in [7, 11) is 0. The number of hydrogen-bond donors (Lipinski definition) is 0. The minimum Gasteiger partial charge on any atom is -0.444 e. The molecule has 0 aliphatic heterocycles. The summed E-state index contributed by atoms with van der Waals surface area (Å²) in [5.41, 5.74) is 4.60. The van der Waals surface area contributed by atoms with Gasteiger partial charge in [-0.1, -0.05) is 39.7 Å². The van der Waals surface area contributed by atoms with E-state index in [9.17, 15) is 0 Å². The molecule has 84 valence electrons. The van der Waals surface area contributed by atoms with E-state index >= 15 is 0 Å². The van der Waals surface area contributed by atoms with Crippen molar-refractivity contribution in [1.29, 1.82) is 0 Å². The molecule has 1 aromatic carbocycles.